The van der Waals surface area contributed by atoms with Crippen LogP contribution in [-0.4, -0.2) is 10.4 Å². The van der Waals surface area contributed by atoms with E-state index in [0.29, 0.717) is 27.1 Å². The molecule has 0 spiro atoms. The van der Waals surface area contributed by atoms with Crippen LogP contribution in [0.15, 0.2) is 11.6 Å². The lowest BCUT2D eigenvalue weighted by Crippen LogP contribution is -2.50. The van der Waals surface area contributed by atoms with Crippen molar-refractivity contribution in [2.75, 3.05) is 0 Å². The molecule has 4 fully saturated rings. The van der Waals surface area contributed by atoms with Gasteiger partial charge >= 0.3 is 0 Å². The average molecular weight is 527 g/mol. The van der Waals surface area contributed by atoms with E-state index in [9.17, 15) is 4.79 Å². The monoisotopic (exact) mass is 526 g/mol. The highest BCUT2D eigenvalue weighted by Crippen LogP contribution is 2.67. The maximum atomic E-state index is 12.9. The summed E-state index contributed by atoms with van der Waals surface area (Å²) in [6, 6.07) is 0. The van der Waals surface area contributed by atoms with Gasteiger partial charge in [-0.2, -0.15) is 0 Å². The lowest BCUT2D eigenvalue weighted by Gasteiger charge is -2.58. The molecule has 0 heterocycles. The van der Waals surface area contributed by atoms with Gasteiger partial charge in [0, 0.05) is 11.7 Å². The second-order valence-electron chi connectivity index (χ2n) is 14.7. The highest BCUT2D eigenvalue weighted by atomic mass is 32.2. The van der Waals surface area contributed by atoms with Crippen LogP contribution >= 0.6 is 11.8 Å². The number of unbranched alkanes of at least 4 members (excludes halogenated alkanes) is 5. The van der Waals surface area contributed by atoms with E-state index >= 15 is 0 Å². The Bertz CT molecular complexity index is 795. The molecule has 0 radical (unpaired) electrons. The number of allylic oxidation sites excluding steroid dienone is 2. The molecule has 5 aliphatic carbocycles. The first-order valence-electron chi connectivity index (χ1n) is 16.8. The van der Waals surface area contributed by atoms with Crippen LogP contribution < -0.4 is 0 Å². The Kier molecular flexibility index (Phi) is 9.57. The van der Waals surface area contributed by atoms with Gasteiger partial charge in [0.1, 0.15) is 0 Å². The van der Waals surface area contributed by atoms with Crippen molar-refractivity contribution in [1.29, 1.82) is 0 Å². The Labute approximate surface area is 234 Å². The number of rotatable bonds is 10. The zero-order chi connectivity index (χ0) is 25.9. The first kappa shape index (κ1) is 28.3. The molecule has 1 nitrogen and oxygen atoms in total. The third-order valence-electron chi connectivity index (χ3n) is 12.6. The van der Waals surface area contributed by atoms with E-state index in [-0.39, 0.29) is 0 Å². The van der Waals surface area contributed by atoms with E-state index in [1.807, 2.05) is 0 Å². The molecule has 0 saturated heterocycles. The summed E-state index contributed by atoms with van der Waals surface area (Å²) >= 11 is 1.75. The smallest absolute Gasteiger partial charge is 0.189 e. The molecule has 0 aromatic rings. The molecule has 5 rings (SSSR count). The Balaban J connectivity index is 1.16. The summed E-state index contributed by atoms with van der Waals surface area (Å²) in [5.74, 6) is 4.48. The number of thioether (sulfide) groups is 1. The SMILES string of the molecule is CCCCCCCC[C@H]1CC[C@@H]2[C@H]3CC=C4C[C@@H](SC(=O)CC5CCCCC5)CC[C@]4(C)[C@@H]3CC[C@]12C. The molecule has 210 valence electrons. The molecule has 0 bridgehead atoms. The summed E-state index contributed by atoms with van der Waals surface area (Å²) < 4.78 is 0. The van der Waals surface area contributed by atoms with Crippen LogP contribution in [0.5, 0.6) is 0 Å². The van der Waals surface area contributed by atoms with Gasteiger partial charge in [-0.15, -0.1) is 0 Å². The normalized spacial score (nSPS) is 40.0. The minimum absolute atomic E-state index is 0.422. The summed E-state index contributed by atoms with van der Waals surface area (Å²) in [6.07, 6.45) is 31.5. The molecule has 4 saturated carbocycles. The second kappa shape index (κ2) is 12.5. The number of hydrogen-bond donors (Lipinski definition) is 0. The van der Waals surface area contributed by atoms with E-state index in [4.69, 9.17) is 0 Å². The van der Waals surface area contributed by atoms with E-state index in [0.717, 1.165) is 30.1 Å². The maximum Gasteiger partial charge on any atom is 0.189 e. The third-order valence-corrected chi connectivity index (χ3v) is 13.8. The summed E-state index contributed by atoms with van der Waals surface area (Å²) in [5.41, 5.74) is 2.80. The van der Waals surface area contributed by atoms with Crippen LogP contribution in [0.2, 0.25) is 0 Å². The van der Waals surface area contributed by atoms with Gasteiger partial charge in [-0.05, 0) is 111 Å². The summed E-state index contributed by atoms with van der Waals surface area (Å²) in [4.78, 5) is 12.9. The zero-order valence-electron chi connectivity index (χ0n) is 24.7. The quantitative estimate of drug-likeness (QED) is 0.208. The number of carbonyl (C=O) groups is 1. The predicted molar refractivity (Wildman–Crippen MR) is 161 cm³/mol. The van der Waals surface area contributed by atoms with Crippen LogP contribution in [-0.2, 0) is 4.79 Å². The van der Waals surface area contributed by atoms with E-state index in [2.05, 4.69) is 26.8 Å². The van der Waals surface area contributed by atoms with E-state index in [1.54, 1.807) is 17.3 Å². The molecule has 2 heteroatoms. The molecule has 37 heavy (non-hydrogen) atoms. The first-order valence-corrected chi connectivity index (χ1v) is 17.7. The summed E-state index contributed by atoms with van der Waals surface area (Å²) in [5, 5.41) is 1.06. The van der Waals surface area contributed by atoms with Crippen molar-refractivity contribution in [3.05, 3.63) is 11.6 Å². The fourth-order valence-electron chi connectivity index (χ4n) is 10.3. The standard InChI is InChI=1S/C35H58OS/c1-4-5-6-7-8-12-15-27-17-19-31-30-18-16-28-25-29(37-33(36)24-26-13-10-9-11-14-26)20-22-35(28,3)32(30)21-23-34(27,31)2/h16,26-27,29-32H,4-15,17-25H2,1-3H3/t27-,29-,30+,31+,32+,34+,35-/m0/s1. The fraction of sp³-hybridized carbons (Fsp3) is 0.914. The number of hydrogen-bond acceptors (Lipinski definition) is 2. The fourth-order valence-corrected chi connectivity index (χ4v) is 11.5. The number of carbonyl (C=O) groups excluding carboxylic acids is 1. The second-order valence-corrected chi connectivity index (χ2v) is 16.1. The van der Waals surface area contributed by atoms with E-state index < -0.39 is 0 Å². The van der Waals surface area contributed by atoms with Crippen LogP contribution in [0.1, 0.15) is 156 Å². The molecular formula is C35H58OS. The van der Waals surface area contributed by atoms with Crippen molar-refractivity contribution in [1.82, 2.24) is 0 Å². The highest BCUT2D eigenvalue weighted by molar-refractivity contribution is 8.14. The average Bonchev–Trinajstić information content (AvgIpc) is 3.23. The molecule has 0 aromatic carbocycles. The Hall–Kier alpha value is -0.240. The van der Waals surface area contributed by atoms with Crippen LogP contribution in [0.4, 0.5) is 0 Å². The van der Waals surface area contributed by atoms with Gasteiger partial charge in [0.25, 0.3) is 0 Å². The van der Waals surface area contributed by atoms with Crippen LogP contribution in [0.3, 0.4) is 0 Å². The van der Waals surface area contributed by atoms with Crippen LogP contribution in [0, 0.1) is 40.4 Å². The first-order chi connectivity index (χ1) is 17.9. The zero-order valence-corrected chi connectivity index (χ0v) is 25.5. The van der Waals surface area contributed by atoms with Gasteiger partial charge in [-0.25, -0.2) is 0 Å². The van der Waals surface area contributed by atoms with Crippen molar-refractivity contribution in [2.45, 2.75) is 161 Å². The van der Waals surface area contributed by atoms with Gasteiger partial charge in [-0.3, -0.25) is 4.79 Å². The minimum atomic E-state index is 0.422. The van der Waals surface area contributed by atoms with Crippen molar-refractivity contribution < 1.29 is 4.79 Å². The van der Waals surface area contributed by atoms with Crippen molar-refractivity contribution in [2.24, 2.45) is 40.4 Å². The molecule has 0 N–H and O–H groups in total. The lowest BCUT2D eigenvalue weighted by molar-refractivity contribution is -0.112. The van der Waals surface area contributed by atoms with Crippen molar-refractivity contribution >= 4 is 16.9 Å². The highest BCUT2D eigenvalue weighted by Gasteiger charge is 2.58. The van der Waals surface area contributed by atoms with Gasteiger partial charge in [0.05, 0.1) is 0 Å². The molecule has 0 unspecified atom stereocenters. The van der Waals surface area contributed by atoms with Gasteiger partial charge in [0.15, 0.2) is 5.12 Å². The molecule has 5 aliphatic rings. The van der Waals surface area contributed by atoms with Gasteiger partial charge in [-0.1, -0.05) is 102 Å². The largest absolute Gasteiger partial charge is 0.287 e. The van der Waals surface area contributed by atoms with Crippen molar-refractivity contribution in [3.8, 4) is 0 Å². The topological polar surface area (TPSA) is 17.1 Å². The maximum absolute atomic E-state index is 12.9. The molecular weight excluding hydrogens is 468 g/mol. The molecule has 0 amide bonds. The van der Waals surface area contributed by atoms with Gasteiger partial charge < -0.3 is 0 Å². The Morgan fingerprint density at radius 2 is 1.68 bits per heavy atom. The third kappa shape index (κ3) is 6.10. The summed E-state index contributed by atoms with van der Waals surface area (Å²) in [6.45, 7) is 7.69. The van der Waals surface area contributed by atoms with E-state index in [1.165, 1.54) is 128 Å². The lowest BCUT2D eigenvalue weighted by atomic mass is 9.47. The van der Waals surface area contributed by atoms with Crippen molar-refractivity contribution in [3.63, 3.8) is 0 Å². The van der Waals surface area contributed by atoms with Crippen LogP contribution in [0.25, 0.3) is 0 Å². The predicted octanol–water partition coefficient (Wildman–Crippen LogP) is 10.9. The number of fused-ring (bicyclic) bond motifs is 5. The Morgan fingerprint density at radius 1 is 0.892 bits per heavy atom. The minimum Gasteiger partial charge on any atom is -0.287 e. The summed E-state index contributed by atoms with van der Waals surface area (Å²) in [7, 11) is 0. The van der Waals surface area contributed by atoms with Gasteiger partial charge in [0.2, 0.25) is 0 Å². The Morgan fingerprint density at radius 3 is 2.49 bits per heavy atom. The molecule has 0 aromatic heterocycles. The molecule has 7 atom stereocenters. The molecule has 0 aliphatic heterocycles.